The van der Waals surface area contributed by atoms with Crippen LogP contribution in [0.1, 0.15) is 39.0 Å². The molecule has 1 aromatic heterocycles. The van der Waals surface area contributed by atoms with Crippen molar-refractivity contribution in [1.29, 1.82) is 0 Å². The van der Waals surface area contributed by atoms with Crippen molar-refractivity contribution in [3.8, 4) is 5.75 Å². The fourth-order valence-corrected chi connectivity index (χ4v) is 5.58. The molecule has 1 saturated carbocycles. The van der Waals surface area contributed by atoms with E-state index < -0.39 is 5.82 Å². The highest BCUT2D eigenvalue weighted by molar-refractivity contribution is 6.31. The number of hydrogen-bond donors (Lipinski definition) is 2. The lowest BCUT2D eigenvalue weighted by atomic mass is 9.69. The second-order valence-corrected chi connectivity index (χ2v) is 10.3. The smallest absolute Gasteiger partial charge is 0.248 e. The van der Waals surface area contributed by atoms with Gasteiger partial charge in [-0.2, -0.15) is 0 Å². The first-order valence-corrected chi connectivity index (χ1v) is 13.2. The monoisotopic (exact) mass is 523 g/mol. The summed E-state index contributed by atoms with van der Waals surface area (Å²) in [5.41, 5.74) is 2.26. The first-order chi connectivity index (χ1) is 17.9. The predicted molar refractivity (Wildman–Crippen MR) is 145 cm³/mol. The average Bonchev–Trinajstić information content (AvgIpc) is 2.87. The third-order valence-electron chi connectivity index (χ3n) is 7.14. The van der Waals surface area contributed by atoms with Gasteiger partial charge in [0.1, 0.15) is 23.7 Å². The van der Waals surface area contributed by atoms with Crippen molar-refractivity contribution < 1.29 is 13.9 Å². The molecule has 9 heteroatoms. The van der Waals surface area contributed by atoms with E-state index in [1.54, 1.807) is 24.3 Å². The molecular formula is C28H31ClFN5O2. The molecule has 1 saturated heterocycles. The molecule has 2 N–H and O–H groups in total. The van der Waals surface area contributed by atoms with E-state index in [2.05, 4.69) is 25.5 Å². The summed E-state index contributed by atoms with van der Waals surface area (Å²) in [6, 6.07) is 7.90. The van der Waals surface area contributed by atoms with Gasteiger partial charge in [0.15, 0.2) is 0 Å². The molecule has 1 spiro atoms. The van der Waals surface area contributed by atoms with Gasteiger partial charge < -0.3 is 15.4 Å². The molecule has 2 fully saturated rings. The van der Waals surface area contributed by atoms with Gasteiger partial charge in [0, 0.05) is 42.9 Å². The fraction of sp³-hybridized carbons (Fsp3) is 0.393. The lowest BCUT2D eigenvalue weighted by Crippen LogP contribution is -2.56. The summed E-state index contributed by atoms with van der Waals surface area (Å²) in [6.07, 6.45) is 11.7. The minimum absolute atomic E-state index is 0.00821. The Hall–Kier alpha value is -3.23. The maximum atomic E-state index is 13.6. The van der Waals surface area contributed by atoms with Crippen LogP contribution in [0.2, 0.25) is 5.02 Å². The molecule has 0 bridgehead atoms. The molecule has 7 nitrogen and oxygen atoms in total. The number of carbonyl (C=O) groups is 1. The van der Waals surface area contributed by atoms with Gasteiger partial charge in [0.25, 0.3) is 0 Å². The summed E-state index contributed by atoms with van der Waals surface area (Å²) in [7, 11) is 0. The first-order valence-electron chi connectivity index (χ1n) is 12.8. The van der Waals surface area contributed by atoms with Crippen molar-refractivity contribution in [3.63, 3.8) is 0 Å². The van der Waals surface area contributed by atoms with E-state index in [4.69, 9.17) is 16.3 Å². The maximum Gasteiger partial charge on any atom is 0.248 e. The van der Waals surface area contributed by atoms with Crippen LogP contribution in [0.15, 0.2) is 48.8 Å². The Morgan fingerprint density at radius 3 is 2.76 bits per heavy atom. The Morgan fingerprint density at radius 1 is 1.19 bits per heavy atom. The number of amides is 1. The molecule has 2 aliphatic rings. The highest BCUT2D eigenvalue weighted by Gasteiger charge is 2.42. The van der Waals surface area contributed by atoms with Gasteiger partial charge in [-0.1, -0.05) is 36.9 Å². The third kappa shape index (κ3) is 5.86. The number of carbonyl (C=O) groups excluding carboxylic acids is 1. The molecule has 1 amide bonds. The SMILES string of the molecule is CCOc1cc2ncnc(Nc3ccc(F)c(Cl)c3)c2cc1NC(=O)C=CCN1CC2(CCCCC2)C1. The number of benzene rings is 2. The van der Waals surface area contributed by atoms with Crippen LogP contribution in [0.3, 0.4) is 0 Å². The number of hydrogen-bond acceptors (Lipinski definition) is 6. The van der Waals surface area contributed by atoms with Crippen LogP contribution < -0.4 is 15.4 Å². The molecule has 0 radical (unpaired) electrons. The highest BCUT2D eigenvalue weighted by atomic mass is 35.5. The van der Waals surface area contributed by atoms with Gasteiger partial charge in [-0.15, -0.1) is 0 Å². The molecule has 3 aromatic rings. The third-order valence-corrected chi connectivity index (χ3v) is 7.43. The van der Waals surface area contributed by atoms with E-state index in [9.17, 15) is 9.18 Å². The Balaban J connectivity index is 1.29. The minimum atomic E-state index is -0.498. The zero-order valence-corrected chi connectivity index (χ0v) is 21.7. The van der Waals surface area contributed by atoms with E-state index in [1.807, 2.05) is 13.0 Å². The molecule has 2 heterocycles. The van der Waals surface area contributed by atoms with Gasteiger partial charge in [0.05, 0.1) is 22.8 Å². The first kappa shape index (κ1) is 25.4. The molecule has 1 aliphatic heterocycles. The van der Waals surface area contributed by atoms with Crippen LogP contribution in [0.5, 0.6) is 5.75 Å². The van der Waals surface area contributed by atoms with Crippen molar-refractivity contribution in [2.75, 3.05) is 36.9 Å². The number of nitrogens with zero attached hydrogens (tertiary/aromatic N) is 3. The number of anilines is 3. The number of rotatable bonds is 8. The van der Waals surface area contributed by atoms with Crippen LogP contribution in [0, 0.1) is 11.2 Å². The van der Waals surface area contributed by atoms with E-state index in [0.29, 0.717) is 45.9 Å². The second-order valence-electron chi connectivity index (χ2n) is 9.90. The quantitative estimate of drug-likeness (QED) is 0.336. The molecule has 5 rings (SSSR count). The van der Waals surface area contributed by atoms with E-state index in [-0.39, 0.29) is 10.9 Å². The van der Waals surface area contributed by atoms with Crippen LogP contribution in [-0.4, -0.2) is 47.0 Å². The summed E-state index contributed by atoms with van der Waals surface area (Å²) in [5, 5.41) is 6.77. The van der Waals surface area contributed by atoms with Crippen LogP contribution >= 0.6 is 11.6 Å². The molecule has 194 valence electrons. The summed E-state index contributed by atoms with van der Waals surface area (Å²) in [6.45, 7) is 5.35. The molecule has 0 atom stereocenters. The molecular weight excluding hydrogens is 493 g/mol. The van der Waals surface area contributed by atoms with E-state index in [1.165, 1.54) is 50.6 Å². The van der Waals surface area contributed by atoms with Crippen molar-refractivity contribution in [2.45, 2.75) is 39.0 Å². The lowest BCUT2D eigenvalue weighted by Gasteiger charge is -2.52. The average molecular weight is 524 g/mol. The number of likely N-dealkylation sites (tertiary alicyclic amines) is 1. The number of nitrogens with one attached hydrogen (secondary N) is 2. The Bertz CT molecular complexity index is 1320. The normalized spacial score (nSPS) is 17.2. The summed E-state index contributed by atoms with van der Waals surface area (Å²) < 4.78 is 19.4. The van der Waals surface area contributed by atoms with Crippen LogP contribution in [-0.2, 0) is 4.79 Å². The number of fused-ring (bicyclic) bond motifs is 1. The molecule has 0 unspecified atom stereocenters. The van der Waals surface area contributed by atoms with Crippen molar-refractivity contribution in [2.24, 2.45) is 5.41 Å². The molecule has 2 aromatic carbocycles. The molecule has 37 heavy (non-hydrogen) atoms. The van der Waals surface area contributed by atoms with E-state index in [0.717, 1.165) is 19.6 Å². The number of halogens is 2. The standard InChI is InChI=1S/C28H31ClFN5O2/c1-2-37-25-15-23-20(27(32-18-31-23)33-19-8-9-22(30)21(29)13-19)14-24(25)34-26(36)7-6-12-35-16-28(17-35)10-4-3-5-11-28/h6-9,13-15,18H,2-5,10-12,16-17H2,1H3,(H,34,36)(H,31,32,33). The molecule has 1 aliphatic carbocycles. The van der Waals surface area contributed by atoms with E-state index >= 15 is 0 Å². The predicted octanol–water partition coefficient (Wildman–Crippen LogP) is 6.33. The summed E-state index contributed by atoms with van der Waals surface area (Å²) in [5.74, 6) is 0.288. The number of aromatic nitrogens is 2. The zero-order chi connectivity index (χ0) is 25.8. The Morgan fingerprint density at radius 2 is 2.00 bits per heavy atom. The lowest BCUT2D eigenvalue weighted by molar-refractivity contribution is -0.112. The summed E-state index contributed by atoms with van der Waals surface area (Å²) >= 11 is 5.93. The van der Waals surface area contributed by atoms with Crippen molar-refractivity contribution in [1.82, 2.24) is 14.9 Å². The largest absolute Gasteiger partial charge is 0.492 e. The van der Waals surface area contributed by atoms with Gasteiger partial charge in [-0.3, -0.25) is 9.69 Å². The Labute approximate surface area is 221 Å². The number of ether oxygens (including phenoxy) is 1. The van der Waals surface area contributed by atoms with Crippen molar-refractivity contribution in [3.05, 3.63) is 59.7 Å². The maximum absolute atomic E-state index is 13.6. The van der Waals surface area contributed by atoms with Crippen LogP contribution in [0.25, 0.3) is 10.9 Å². The van der Waals surface area contributed by atoms with Gasteiger partial charge in [-0.05, 0) is 49.4 Å². The van der Waals surface area contributed by atoms with Gasteiger partial charge in [0.2, 0.25) is 5.91 Å². The van der Waals surface area contributed by atoms with Crippen molar-refractivity contribution >= 4 is 45.6 Å². The highest BCUT2D eigenvalue weighted by Crippen LogP contribution is 2.43. The van der Waals surface area contributed by atoms with Gasteiger partial charge in [-0.25, -0.2) is 14.4 Å². The minimum Gasteiger partial charge on any atom is -0.492 e. The Kier molecular flexibility index (Phi) is 7.58. The van der Waals surface area contributed by atoms with Crippen LogP contribution in [0.4, 0.5) is 21.6 Å². The zero-order valence-electron chi connectivity index (χ0n) is 20.9. The summed E-state index contributed by atoms with van der Waals surface area (Å²) in [4.78, 5) is 23.8. The second kappa shape index (κ2) is 11.0. The van der Waals surface area contributed by atoms with Gasteiger partial charge >= 0.3 is 0 Å². The topological polar surface area (TPSA) is 79.4 Å². The fourth-order valence-electron chi connectivity index (χ4n) is 5.40.